The van der Waals surface area contributed by atoms with Crippen LogP contribution in [-0.4, -0.2) is 29.0 Å². The Morgan fingerprint density at radius 3 is 2.52 bits per heavy atom. The van der Waals surface area contributed by atoms with Crippen molar-refractivity contribution in [3.63, 3.8) is 0 Å². The van der Waals surface area contributed by atoms with Crippen LogP contribution in [0.2, 0.25) is 0 Å². The smallest absolute Gasteiger partial charge is 0.228 e. The van der Waals surface area contributed by atoms with Gasteiger partial charge in [-0.05, 0) is 37.8 Å². The number of rotatable bonds is 3. The molecule has 1 spiro atoms. The van der Waals surface area contributed by atoms with Gasteiger partial charge in [-0.3, -0.25) is 4.79 Å². The summed E-state index contributed by atoms with van der Waals surface area (Å²) < 4.78 is 0. The molecule has 1 aromatic heterocycles. The maximum absolute atomic E-state index is 12.4. The van der Waals surface area contributed by atoms with E-state index >= 15 is 0 Å². The van der Waals surface area contributed by atoms with Crippen LogP contribution in [0.25, 0.3) is 11.4 Å². The molecule has 1 aliphatic carbocycles. The van der Waals surface area contributed by atoms with Gasteiger partial charge in [0.25, 0.3) is 0 Å². The first-order valence-corrected chi connectivity index (χ1v) is 8.16. The first-order chi connectivity index (χ1) is 11.3. The highest BCUT2D eigenvalue weighted by Crippen LogP contribution is 2.58. The SMILES string of the molecule is O=C(Nc1cnc(-c2ccccc2)nc1)C1CC12CCNCC2. The van der Waals surface area contributed by atoms with E-state index in [0.29, 0.717) is 11.5 Å². The van der Waals surface area contributed by atoms with Crippen LogP contribution in [0, 0.1) is 11.3 Å². The number of amides is 1. The summed E-state index contributed by atoms with van der Waals surface area (Å²) in [5.41, 5.74) is 1.90. The molecule has 1 atom stereocenters. The number of carbonyl (C=O) groups is 1. The normalized spacial score (nSPS) is 21.8. The first kappa shape index (κ1) is 14.3. The Balaban J connectivity index is 1.41. The average molecular weight is 308 g/mol. The molecular formula is C18H20N4O. The summed E-state index contributed by atoms with van der Waals surface area (Å²) in [6.07, 6.45) is 6.60. The van der Waals surface area contributed by atoms with Crippen LogP contribution in [0.3, 0.4) is 0 Å². The molecule has 5 heteroatoms. The zero-order chi connectivity index (χ0) is 15.7. The quantitative estimate of drug-likeness (QED) is 0.914. The molecule has 118 valence electrons. The zero-order valence-corrected chi connectivity index (χ0v) is 13.0. The van der Waals surface area contributed by atoms with Gasteiger partial charge in [-0.25, -0.2) is 9.97 Å². The summed E-state index contributed by atoms with van der Waals surface area (Å²) in [6.45, 7) is 2.05. The molecule has 23 heavy (non-hydrogen) atoms. The summed E-state index contributed by atoms with van der Waals surface area (Å²) in [4.78, 5) is 21.1. The molecule has 0 radical (unpaired) electrons. The van der Waals surface area contributed by atoms with Gasteiger partial charge in [0.2, 0.25) is 5.91 Å². The molecule has 1 aliphatic heterocycles. The van der Waals surface area contributed by atoms with Crippen molar-refractivity contribution in [2.45, 2.75) is 19.3 Å². The van der Waals surface area contributed by atoms with Crippen LogP contribution < -0.4 is 10.6 Å². The third kappa shape index (κ3) is 2.84. The Labute approximate surface area is 135 Å². The van der Waals surface area contributed by atoms with Crippen molar-refractivity contribution in [2.24, 2.45) is 11.3 Å². The van der Waals surface area contributed by atoms with Crippen LogP contribution in [0.5, 0.6) is 0 Å². The largest absolute Gasteiger partial charge is 0.323 e. The predicted octanol–water partition coefficient (Wildman–Crippen LogP) is 2.47. The number of nitrogens with one attached hydrogen (secondary N) is 2. The molecule has 1 unspecified atom stereocenters. The lowest BCUT2D eigenvalue weighted by atomic mass is 9.92. The third-order valence-electron chi connectivity index (χ3n) is 5.06. The molecule has 2 aliphatic rings. The molecule has 4 rings (SSSR count). The number of aromatic nitrogens is 2. The Kier molecular flexibility index (Phi) is 3.58. The van der Waals surface area contributed by atoms with Gasteiger partial charge in [-0.15, -0.1) is 0 Å². The van der Waals surface area contributed by atoms with Crippen molar-refractivity contribution < 1.29 is 4.79 Å². The van der Waals surface area contributed by atoms with Gasteiger partial charge >= 0.3 is 0 Å². The second-order valence-corrected chi connectivity index (χ2v) is 6.52. The third-order valence-corrected chi connectivity index (χ3v) is 5.06. The van der Waals surface area contributed by atoms with Crippen molar-refractivity contribution >= 4 is 11.6 Å². The maximum atomic E-state index is 12.4. The van der Waals surface area contributed by atoms with Crippen molar-refractivity contribution in [3.05, 3.63) is 42.7 Å². The minimum absolute atomic E-state index is 0.114. The van der Waals surface area contributed by atoms with E-state index in [0.717, 1.165) is 37.9 Å². The number of anilines is 1. The fourth-order valence-corrected chi connectivity index (χ4v) is 3.55. The lowest BCUT2D eigenvalue weighted by Gasteiger charge is -2.23. The van der Waals surface area contributed by atoms with Crippen LogP contribution in [-0.2, 0) is 4.79 Å². The highest BCUT2D eigenvalue weighted by atomic mass is 16.2. The van der Waals surface area contributed by atoms with E-state index in [2.05, 4.69) is 20.6 Å². The van der Waals surface area contributed by atoms with Crippen molar-refractivity contribution in [3.8, 4) is 11.4 Å². The van der Waals surface area contributed by atoms with E-state index in [-0.39, 0.29) is 17.2 Å². The fourth-order valence-electron chi connectivity index (χ4n) is 3.55. The van der Waals surface area contributed by atoms with Crippen LogP contribution in [0.15, 0.2) is 42.7 Å². The number of benzene rings is 1. The summed E-state index contributed by atoms with van der Waals surface area (Å²) in [7, 11) is 0. The number of piperidine rings is 1. The molecular weight excluding hydrogens is 288 g/mol. The Bertz CT molecular complexity index is 693. The fraction of sp³-hybridized carbons (Fsp3) is 0.389. The lowest BCUT2D eigenvalue weighted by Crippen LogP contribution is -2.31. The monoisotopic (exact) mass is 308 g/mol. The first-order valence-electron chi connectivity index (χ1n) is 8.16. The van der Waals surface area contributed by atoms with Crippen LogP contribution >= 0.6 is 0 Å². The van der Waals surface area contributed by atoms with E-state index in [1.807, 2.05) is 30.3 Å². The van der Waals surface area contributed by atoms with Gasteiger partial charge < -0.3 is 10.6 Å². The van der Waals surface area contributed by atoms with Gasteiger partial charge in [-0.1, -0.05) is 30.3 Å². The van der Waals surface area contributed by atoms with E-state index < -0.39 is 0 Å². The zero-order valence-electron chi connectivity index (χ0n) is 13.0. The Morgan fingerprint density at radius 1 is 1.13 bits per heavy atom. The highest BCUT2D eigenvalue weighted by Gasteiger charge is 2.57. The lowest BCUT2D eigenvalue weighted by molar-refractivity contribution is -0.118. The standard InChI is InChI=1S/C18H20N4O/c23-17(15-10-18(15)6-8-19-9-7-18)22-14-11-20-16(21-12-14)13-4-2-1-3-5-13/h1-5,11-12,15,19H,6-10H2,(H,22,23). The molecule has 1 saturated heterocycles. The second kappa shape index (κ2) is 5.74. The summed E-state index contributed by atoms with van der Waals surface area (Å²) in [5, 5.41) is 6.33. The van der Waals surface area contributed by atoms with E-state index in [9.17, 15) is 4.79 Å². The number of hydrogen-bond donors (Lipinski definition) is 2. The van der Waals surface area contributed by atoms with Gasteiger partial charge in [0.1, 0.15) is 0 Å². The van der Waals surface area contributed by atoms with E-state index in [1.165, 1.54) is 0 Å². The molecule has 1 aromatic carbocycles. The Morgan fingerprint density at radius 2 is 1.83 bits per heavy atom. The van der Waals surface area contributed by atoms with Crippen LogP contribution in [0.1, 0.15) is 19.3 Å². The second-order valence-electron chi connectivity index (χ2n) is 6.52. The van der Waals surface area contributed by atoms with Crippen LogP contribution in [0.4, 0.5) is 5.69 Å². The minimum Gasteiger partial charge on any atom is -0.323 e. The number of carbonyl (C=O) groups excluding carboxylic acids is 1. The van der Waals surface area contributed by atoms with Crippen molar-refractivity contribution in [2.75, 3.05) is 18.4 Å². The Hall–Kier alpha value is -2.27. The predicted molar refractivity (Wildman–Crippen MR) is 88.7 cm³/mol. The van der Waals surface area contributed by atoms with Crippen molar-refractivity contribution in [1.29, 1.82) is 0 Å². The topological polar surface area (TPSA) is 66.9 Å². The summed E-state index contributed by atoms with van der Waals surface area (Å²) in [6, 6.07) is 9.82. The van der Waals surface area contributed by atoms with Crippen molar-refractivity contribution in [1.82, 2.24) is 15.3 Å². The van der Waals surface area contributed by atoms with E-state index in [1.54, 1.807) is 12.4 Å². The molecule has 5 nitrogen and oxygen atoms in total. The molecule has 2 aromatic rings. The molecule has 2 N–H and O–H groups in total. The minimum atomic E-state index is 0.114. The summed E-state index contributed by atoms with van der Waals surface area (Å²) >= 11 is 0. The number of nitrogens with zero attached hydrogens (tertiary/aromatic N) is 2. The molecule has 2 fully saturated rings. The molecule has 1 amide bonds. The maximum Gasteiger partial charge on any atom is 0.228 e. The molecule has 2 heterocycles. The van der Waals surface area contributed by atoms with Gasteiger partial charge in [0.05, 0.1) is 18.1 Å². The van der Waals surface area contributed by atoms with E-state index in [4.69, 9.17) is 0 Å². The average Bonchev–Trinajstić information content (AvgIpc) is 3.30. The van der Waals surface area contributed by atoms with Gasteiger partial charge in [0.15, 0.2) is 5.82 Å². The van der Waals surface area contributed by atoms with Gasteiger partial charge in [0, 0.05) is 11.5 Å². The summed E-state index contributed by atoms with van der Waals surface area (Å²) in [5.74, 6) is 0.936. The highest BCUT2D eigenvalue weighted by molar-refractivity contribution is 5.94. The molecule has 0 bridgehead atoms. The van der Waals surface area contributed by atoms with Gasteiger partial charge in [-0.2, -0.15) is 0 Å². The number of hydrogen-bond acceptors (Lipinski definition) is 4. The molecule has 1 saturated carbocycles.